The highest BCUT2D eigenvalue weighted by Gasteiger charge is 2.30. The number of nitrogen functional groups attached to an aromatic ring is 4. The molecule has 0 saturated carbocycles. The molecule has 16 nitrogen and oxygen atoms in total. The van der Waals surface area contributed by atoms with Crippen LogP contribution in [0.15, 0.2) is 72.8 Å². The maximum atomic E-state index is 12.1. The highest BCUT2D eigenvalue weighted by atomic mass is 35.5. The van der Waals surface area contributed by atoms with E-state index in [-0.39, 0.29) is 42.3 Å². The second kappa shape index (κ2) is 29.2. The number of likely N-dealkylation sites (N-methyl/N-ethyl adjacent to an activating group) is 1. The molecule has 4 fully saturated rings. The first kappa shape index (κ1) is 58.8. The van der Waals surface area contributed by atoms with E-state index >= 15 is 0 Å². The van der Waals surface area contributed by atoms with E-state index in [4.69, 9.17) is 88.3 Å². The molecule has 398 valence electrons. The summed E-state index contributed by atoms with van der Waals surface area (Å²) in [4.78, 5) is 54.7. The smallest absolute Gasteiger partial charge is 0.339 e. The summed E-state index contributed by atoms with van der Waals surface area (Å²) in [5.41, 5.74) is 26.0. The van der Waals surface area contributed by atoms with Crippen LogP contribution in [-0.4, -0.2) is 134 Å². The van der Waals surface area contributed by atoms with Gasteiger partial charge in [-0.3, -0.25) is 14.7 Å². The van der Waals surface area contributed by atoms with Gasteiger partial charge >= 0.3 is 23.9 Å². The average Bonchev–Trinajstić information content (AvgIpc) is 4.19. The van der Waals surface area contributed by atoms with Gasteiger partial charge in [-0.2, -0.15) is 0 Å². The monoisotopic (exact) mass is 1090 g/mol. The predicted octanol–water partition coefficient (Wildman–Crippen LogP) is 9.13. The van der Waals surface area contributed by atoms with Crippen LogP contribution < -0.4 is 28.3 Å². The molecule has 4 atom stereocenters. The number of carbonyl (C=O) groups is 4. The van der Waals surface area contributed by atoms with E-state index in [1.54, 1.807) is 72.8 Å². The van der Waals surface area contributed by atoms with E-state index in [0.717, 1.165) is 84.6 Å². The Hall–Kier alpha value is -5.04. The fraction of sp³-hybridized carbons (Fsp3) is 0.472. The first-order valence-electron chi connectivity index (χ1n) is 24.8. The molecule has 20 heteroatoms. The number of carbonyl (C=O) groups excluding carboxylic acids is 4. The Morgan fingerprint density at radius 1 is 0.548 bits per heavy atom. The molecule has 73 heavy (non-hydrogen) atoms. The minimum atomic E-state index is -0.390. The fourth-order valence-corrected chi connectivity index (χ4v) is 9.42. The molecular weight excluding hydrogens is 1020 g/mol. The molecular formula is C53H70Cl4N8O8. The molecule has 4 heterocycles. The molecule has 8 rings (SSSR count). The van der Waals surface area contributed by atoms with Crippen molar-refractivity contribution in [1.82, 2.24) is 20.0 Å². The van der Waals surface area contributed by atoms with E-state index in [1.807, 2.05) is 0 Å². The van der Waals surface area contributed by atoms with E-state index in [1.165, 1.54) is 12.8 Å². The van der Waals surface area contributed by atoms with Gasteiger partial charge in [0, 0.05) is 74.6 Å². The number of likely N-dealkylation sites (tertiary alicyclic amines) is 3. The van der Waals surface area contributed by atoms with E-state index in [2.05, 4.69) is 47.7 Å². The summed E-state index contributed by atoms with van der Waals surface area (Å²) < 4.78 is 21.8. The molecule has 4 aromatic carbocycles. The van der Waals surface area contributed by atoms with Gasteiger partial charge < -0.3 is 47.2 Å². The van der Waals surface area contributed by atoms with E-state index in [0.29, 0.717) is 77.7 Å². The lowest BCUT2D eigenvalue weighted by Gasteiger charge is -2.20. The maximum absolute atomic E-state index is 12.1. The van der Waals surface area contributed by atoms with Crippen LogP contribution in [0.1, 0.15) is 108 Å². The summed E-state index contributed by atoms with van der Waals surface area (Å²) in [6.45, 7) is 17.5. The van der Waals surface area contributed by atoms with Crippen molar-refractivity contribution in [2.75, 3.05) is 88.4 Å². The van der Waals surface area contributed by atoms with Crippen LogP contribution in [0.3, 0.4) is 0 Å². The van der Waals surface area contributed by atoms with E-state index < -0.39 is 5.97 Å². The molecule has 0 aromatic heterocycles. The van der Waals surface area contributed by atoms with Gasteiger partial charge in [-0.15, -0.1) is 0 Å². The van der Waals surface area contributed by atoms with Crippen LogP contribution in [0.4, 0.5) is 22.7 Å². The number of esters is 4. The molecule has 4 saturated heterocycles. The number of ether oxygens (including phenoxy) is 4. The Kier molecular flexibility index (Phi) is 23.5. The molecule has 0 aliphatic carbocycles. The standard InChI is InChI=1S/C15H21ClN2O2.C14H19ClN2O2.C13H17ClN2O2.C11H13ClN2O2/c1-2-3-7-18-8-6-12(10-18)20-15(19)13-5-4-11(17)9-14(13)16;1-9(2)17-6-5-11(8-17)19-14(18)12-4-3-10(16)7-13(12)15;1-2-16-6-5-10(8-16)18-13(17)11-4-3-9(15)7-12(11)14;12-10-5-7(13)1-2-9(10)11(15)16-8-3-4-14-6-8/h4-5,9,12H,2-3,6-8,10,17H2,1H3;3-4,7,9,11H,5-6,8,16H2,1-2H3;3-4,7,10H,2,5-6,8,15H2,1H3;1-2,5,8,14H,3-4,6,13H2. The predicted molar refractivity (Wildman–Crippen MR) is 292 cm³/mol. The van der Waals surface area contributed by atoms with Gasteiger partial charge in [-0.1, -0.05) is 66.7 Å². The van der Waals surface area contributed by atoms with Gasteiger partial charge in [-0.25, -0.2) is 19.2 Å². The maximum Gasteiger partial charge on any atom is 0.339 e. The number of rotatable bonds is 13. The number of halogens is 4. The van der Waals surface area contributed by atoms with Gasteiger partial charge in [0.1, 0.15) is 24.4 Å². The van der Waals surface area contributed by atoms with Crippen molar-refractivity contribution in [3.8, 4) is 0 Å². The molecule has 0 spiro atoms. The molecule has 4 unspecified atom stereocenters. The highest BCUT2D eigenvalue weighted by molar-refractivity contribution is 6.35. The van der Waals surface area contributed by atoms with Crippen molar-refractivity contribution in [2.45, 2.75) is 96.7 Å². The second-order valence-corrected chi connectivity index (χ2v) is 20.2. The second-order valence-electron chi connectivity index (χ2n) is 18.6. The van der Waals surface area contributed by atoms with Gasteiger partial charge in [-0.05, 0) is 138 Å². The van der Waals surface area contributed by atoms with Crippen LogP contribution in [0.5, 0.6) is 0 Å². The zero-order valence-electron chi connectivity index (χ0n) is 42.1. The summed E-state index contributed by atoms with van der Waals surface area (Å²) in [7, 11) is 0. The van der Waals surface area contributed by atoms with Gasteiger partial charge in [0.2, 0.25) is 0 Å². The molecule has 0 bridgehead atoms. The summed E-state index contributed by atoms with van der Waals surface area (Å²) >= 11 is 23.9. The number of hydrogen-bond donors (Lipinski definition) is 5. The summed E-state index contributed by atoms with van der Waals surface area (Å²) in [5, 5.41) is 4.47. The van der Waals surface area contributed by atoms with Crippen molar-refractivity contribution in [3.63, 3.8) is 0 Å². The number of hydrogen-bond acceptors (Lipinski definition) is 16. The molecule has 0 radical (unpaired) electrons. The SMILES string of the molecule is CC(C)N1CCC(OC(=O)c2ccc(N)cc2Cl)C1.CCCCN1CCC(OC(=O)c2ccc(N)cc2Cl)C1.CCN1CCC(OC(=O)c2ccc(N)cc2Cl)C1.Nc1ccc(C(=O)OC2CCNC2)c(Cl)c1. The largest absolute Gasteiger partial charge is 0.457 e. The Labute approximate surface area is 449 Å². The Balaban J connectivity index is 0.000000181. The summed E-state index contributed by atoms with van der Waals surface area (Å²) in [6, 6.07) is 19.7. The lowest BCUT2D eigenvalue weighted by atomic mass is 10.2. The number of nitrogens with zero attached hydrogens (tertiary/aromatic N) is 3. The van der Waals surface area contributed by atoms with Crippen molar-refractivity contribution >= 4 is 93.0 Å². The Bertz CT molecular complexity index is 2480. The normalized spacial score (nSPS) is 19.7. The molecule has 4 aromatic rings. The number of nitrogens with two attached hydrogens (primary N) is 4. The lowest BCUT2D eigenvalue weighted by Crippen LogP contribution is -2.30. The zero-order valence-corrected chi connectivity index (χ0v) is 45.1. The van der Waals surface area contributed by atoms with Crippen LogP contribution >= 0.6 is 46.4 Å². The molecule has 9 N–H and O–H groups in total. The Morgan fingerprint density at radius 2 is 0.918 bits per heavy atom. The highest BCUT2D eigenvalue weighted by Crippen LogP contribution is 2.26. The molecule has 4 aliphatic heterocycles. The van der Waals surface area contributed by atoms with Crippen molar-refractivity contribution < 1.29 is 38.1 Å². The minimum absolute atomic E-state index is 0.0343. The number of benzene rings is 4. The molecule has 0 amide bonds. The zero-order chi connectivity index (χ0) is 53.2. The topological polar surface area (TPSA) is 231 Å². The van der Waals surface area contributed by atoms with Crippen LogP contribution in [0, 0.1) is 0 Å². The third kappa shape index (κ3) is 18.7. The van der Waals surface area contributed by atoms with Crippen LogP contribution in [-0.2, 0) is 18.9 Å². The number of nitrogens with one attached hydrogen (secondary N) is 1. The lowest BCUT2D eigenvalue weighted by molar-refractivity contribution is 0.0307. The van der Waals surface area contributed by atoms with Gasteiger partial charge in [0.15, 0.2) is 0 Å². The van der Waals surface area contributed by atoms with Gasteiger partial charge in [0.25, 0.3) is 0 Å². The number of unbranched alkanes of at least 4 members (excludes halogenated alkanes) is 1. The fourth-order valence-electron chi connectivity index (χ4n) is 8.35. The molecule has 4 aliphatic rings. The number of anilines is 4. The van der Waals surface area contributed by atoms with Crippen molar-refractivity contribution in [2.24, 2.45) is 0 Å². The quantitative estimate of drug-likeness (QED) is 0.0477. The van der Waals surface area contributed by atoms with Crippen molar-refractivity contribution in [3.05, 3.63) is 115 Å². The van der Waals surface area contributed by atoms with Crippen LogP contribution in [0.25, 0.3) is 0 Å². The van der Waals surface area contributed by atoms with Crippen LogP contribution in [0.2, 0.25) is 20.1 Å². The summed E-state index contributed by atoms with van der Waals surface area (Å²) in [5.74, 6) is -1.50. The first-order chi connectivity index (χ1) is 34.8. The third-order valence-corrected chi connectivity index (χ3v) is 13.9. The summed E-state index contributed by atoms with van der Waals surface area (Å²) in [6.07, 6.45) is 5.68. The first-order valence-corrected chi connectivity index (χ1v) is 26.3. The minimum Gasteiger partial charge on any atom is -0.457 e. The van der Waals surface area contributed by atoms with Gasteiger partial charge in [0.05, 0.1) is 42.3 Å². The Morgan fingerprint density at radius 3 is 1.25 bits per heavy atom. The van der Waals surface area contributed by atoms with E-state index in [9.17, 15) is 19.2 Å². The third-order valence-electron chi connectivity index (χ3n) is 12.6. The average molecular weight is 1090 g/mol. The van der Waals surface area contributed by atoms with Crippen molar-refractivity contribution in [1.29, 1.82) is 0 Å².